The van der Waals surface area contributed by atoms with Gasteiger partial charge in [-0.3, -0.25) is 9.59 Å². The molecule has 156 valence electrons. The Kier molecular flexibility index (Phi) is 6.04. The number of hydrogen-bond donors (Lipinski definition) is 1. The lowest BCUT2D eigenvalue weighted by Gasteiger charge is -2.31. The third-order valence-electron chi connectivity index (χ3n) is 5.52. The van der Waals surface area contributed by atoms with Gasteiger partial charge in [0, 0.05) is 30.6 Å². The van der Waals surface area contributed by atoms with E-state index in [-0.39, 0.29) is 16.8 Å². The van der Waals surface area contributed by atoms with Crippen LogP contribution in [0, 0.1) is 11.7 Å². The molecule has 0 radical (unpaired) electrons. The summed E-state index contributed by atoms with van der Waals surface area (Å²) in [6.45, 7) is 1.30. The fraction of sp³-hybridized carbons (Fsp3) is 0.304. The summed E-state index contributed by atoms with van der Waals surface area (Å²) in [4.78, 5) is 26.7. The molecule has 2 aromatic carbocycles. The van der Waals surface area contributed by atoms with Crippen molar-refractivity contribution in [2.24, 2.45) is 5.92 Å². The second-order valence-corrected chi connectivity index (χ2v) is 8.01. The molecule has 30 heavy (non-hydrogen) atoms. The lowest BCUT2D eigenvalue weighted by atomic mass is 9.92. The topological polar surface area (TPSA) is 62.6 Å². The summed E-state index contributed by atoms with van der Waals surface area (Å²) in [5, 5.41) is 3.65. The molecule has 1 aromatic heterocycles. The predicted molar refractivity (Wildman–Crippen MR) is 114 cm³/mol. The first-order valence-electron chi connectivity index (χ1n) is 10.0. The van der Waals surface area contributed by atoms with Gasteiger partial charge in [-0.25, -0.2) is 4.39 Å². The summed E-state index contributed by atoms with van der Waals surface area (Å²) < 4.78 is 18.9. The highest BCUT2D eigenvalue weighted by Gasteiger charge is 2.26. The maximum absolute atomic E-state index is 13.2. The van der Waals surface area contributed by atoms with Crippen molar-refractivity contribution in [2.75, 3.05) is 18.4 Å². The number of carbonyl (C=O) groups is 2. The lowest BCUT2D eigenvalue weighted by Crippen LogP contribution is -2.38. The third kappa shape index (κ3) is 4.65. The molecule has 5 nitrogen and oxygen atoms in total. The third-order valence-corrected chi connectivity index (χ3v) is 5.81. The van der Waals surface area contributed by atoms with Gasteiger partial charge in [-0.1, -0.05) is 29.8 Å². The van der Waals surface area contributed by atoms with Gasteiger partial charge in [-0.15, -0.1) is 0 Å². The maximum atomic E-state index is 13.2. The Morgan fingerprint density at radius 1 is 1.13 bits per heavy atom. The van der Waals surface area contributed by atoms with Gasteiger partial charge in [0.05, 0.1) is 5.02 Å². The summed E-state index contributed by atoms with van der Waals surface area (Å²) in [5.74, 6) is 0.0203. The fourth-order valence-corrected chi connectivity index (χ4v) is 3.98. The molecule has 1 N–H and O–H groups in total. The number of anilines is 1. The van der Waals surface area contributed by atoms with Crippen LogP contribution in [0.4, 0.5) is 10.1 Å². The number of benzene rings is 2. The molecule has 0 bridgehead atoms. The molecule has 0 saturated carbocycles. The van der Waals surface area contributed by atoms with Crippen LogP contribution >= 0.6 is 11.6 Å². The molecule has 1 saturated heterocycles. The number of likely N-dealkylation sites (tertiary alicyclic amines) is 1. The van der Waals surface area contributed by atoms with E-state index in [1.165, 1.54) is 18.2 Å². The molecule has 2 amide bonds. The second kappa shape index (κ2) is 8.88. The summed E-state index contributed by atoms with van der Waals surface area (Å²) in [6, 6.07) is 13.5. The average molecular weight is 429 g/mol. The number of amides is 2. The number of carbonyl (C=O) groups excluding carboxylic acids is 2. The van der Waals surface area contributed by atoms with E-state index < -0.39 is 5.82 Å². The summed E-state index contributed by atoms with van der Waals surface area (Å²) in [6.07, 6.45) is 2.81. The minimum absolute atomic E-state index is 0.0192. The first kappa shape index (κ1) is 20.4. The van der Waals surface area contributed by atoms with Crippen LogP contribution < -0.4 is 5.32 Å². The number of piperidine rings is 1. The van der Waals surface area contributed by atoms with E-state index in [1.807, 2.05) is 29.2 Å². The molecule has 0 aliphatic carbocycles. The molecular formula is C23H22ClFN2O3. The highest BCUT2D eigenvalue weighted by atomic mass is 35.5. The van der Waals surface area contributed by atoms with Crippen molar-refractivity contribution in [1.82, 2.24) is 4.90 Å². The van der Waals surface area contributed by atoms with Gasteiger partial charge >= 0.3 is 0 Å². The Morgan fingerprint density at radius 2 is 1.90 bits per heavy atom. The molecule has 1 aliphatic rings. The molecule has 0 unspecified atom stereocenters. The first-order chi connectivity index (χ1) is 14.5. The highest BCUT2D eigenvalue weighted by molar-refractivity contribution is 6.31. The molecule has 2 heterocycles. The minimum atomic E-state index is -0.515. The molecule has 7 heteroatoms. The Bertz CT molecular complexity index is 1040. The van der Waals surface area contributed by atoms with Gasteiger partial charge < -0.3 is 14.6 Å². The van der Waals surface area contributed by atoms with Gasteiger partial charge in [-0.2, -0.15) is 0 Å². The first-order valence-corrected chi connectivity index (χ1v) is 10.4. The summed E-state index contributed by atoms with van der Waals surface area (Å²) in [7, 11) is 0. The lowest BCUT2D eigenvalue weighted by molar-refractivity contribution is -0.116. The number of furan rings is 1. The number of nitrogens with one attached hydrogen (secondary N) is 1. The number of halogens is 2. The van der Waals surface area contributed by atoms with Crippen LogP contribution in [0.25, 0.3) is 11.0 Å². The Hall–Kier alpha value is -2.86. The number of para-hydroxylation sites is 1. The SMILES string of the molecule is O=C(CCC1CCN(C(=O)c2cc3ccccc3o2)CC1)Nc1ccc(F)c(Cl)c1. The molecule has 0 atom stereocenters. The largest absolute Gasteiger partial charge is 0.451 e. The monoisotopic (exact) mass is 428 g/mol. The van der Waals surface area contributed by atoms with E-state index in [2.05, 4.69) is 5.32 Å². The van der Waals surface area contributed by atoms with Crippen LogP contribution in [0.15, 0.2) is 52.9 Å². The molecular weight excluding hydrogens is 407 g/mol. The van der Waals surface area contributed by atoms with Crippen molar-refractivity contribution >= 4 is 40.1 Å². The Morgan fingerprint density at radius 3 is 2.63 bits per heavy atom. The van der Waals surface area contributed by atoms with Crippen molar-refractivity contribution in [3.8, 4) is 0 Å². The second-order valence-electron chi connectivity index (χ2n) is 7.60. The quantitative estimate of drug-likeness (QED) is 0.584. The zero-order chi connectivity index (χ0) is 21.1. The zero-order valence-electron chi connectivity index (χ0n) is 16.4. The maximum Gasteiger partial charge on any atom is 0.289 e. The smallest absolute Gasteiger partial charge is 0.289 e. The fourth-order valence-electron chi connectivity index (χ4n) is 3.80. The van der Waals surface area contributed by atoms with E-state index in [9.17, 15) is 14.0 Å². The molecule has 0 spiro atoms. The minimum Gasteiger partial charge on any atom is -0.451 e. The van der Waals surface area contributed by atoms with Crippen molar-refractivity contribution < 1.29 is 18.4 Å². The van der Waals surface area contributed by atoms with E-state index in [1.54, 1.807) is 6.07 Å². The number of fused-ring (bicyclic) bond motifs is 1. The van der Waals surface area contributed by atoms with E-state index in [0.717, 1.165) is 24.6 Å². The van der Waals surface area contributed by atoms with Gasteiger partial charge in [0.15, 0.2) is 5.76 Å². The van der Waals surface area contributed by atoms with Crippen molar-refractivity contribution in [1.29, 1.82) is 0 Å². The number of nitrogens with zero attached hydrogens (tertiary/aromatic N) is 1. The van der Waals surface area contributed by atoms with Gasteiger partial charge in [0.2, 0.25) is 5.91 Å². The van der Waals surface area contributed by atoms with Gasteiger partial charge in [0.25, 0.3) is 5.91 Å². The van der Waals surface area contributed by atoms with Crippen LogP contribution in [0.3, 0.4) is 0 Å². The van der Waals surface area contributed by atoms with Crippen LogP contribution in [0.2, 0.25) is 5.02 Å². The van der Waals surface area contributed by atoms with E-state index >= 15 is 0 Å². The highest BCUT2D eigenvalue weighted by Crippen LogP contribution is 2.26. The normalized spacial score (nSPS) is 14.8. The summed E-state index contributed by atoms with van der Waals surface area (Å²) in [5.41, 5.74) is 1.20. The van der Waals surface area contributed by atoms with Crippen molar-refractivity contribution in [2.45, 2.75) is 25.7 Å². The number of rotatable bonds is 5. The Labute approximate surface area is 178 Å². The summed E-state index contributed by atoms with van der Waals surface area (Å²) >= 11 is 5.74. The van der Waals surface area contributed by atoms with Crippen LogP contribution in [0.5, 0.6) is 0 Å². The van der Waals surface area contributed by atoms with Crippen molar-refractivity contribution in [3.63, 3.8) is 0 Å². The standard InChI is InChI=1S/C23H22ClFN2O3/c24-18-14-17(6-7-19(18)25)26-22(28)8-5-15-9-11-27(12-10-15)23(29)21-13-16-3-1-2-4-20(16)30-21/h1-4,6-7,13-15H,5,8-12H2,(H,26,28). The van der Waals surface area contributed by atoms with E-state index in [0.29, 0.717) is 42.5 Å². The zero-order valence-corrected chi connectivity index (χ0v) is 17.1. The van der Waals surface area contributed by atoms with Crippen LogP contribution in [0.1, 0.15) is 36.2 Å². The molecule has 3 aromatic rings. The molecule has 1 aliphatic heterocycles. The van der Waals surface area contributed by atoms with Crippen LogP contribution in [-0.4, -0.2) is 29.8 Å². The van der Waals surface area contributed by atoms with Crippen molar-refractivity contribution in [3.05, 3.63) is 65.1 Å². The molecule has 4 rings (SSSR count). The average Bonchev–Trinajstić information content (AvgIpc) is 3.19. The Balaban J connectivity index is 1.24. The van der Waals surface area contributed by atoms with Crippen LogP contribution in [-0.2, 0) is 4.79 Å². The van der Waals surface area contributed by atoms with Gasteiger partial charge in [-0.05, 0) is 55.5 Å². The number of hydrogen-bond acceptors (Lipinski definition) is 3. The molecule has 1 fully saturated rings. The predicted octanol–water partition coefficient (Wildman–Crippen LogP) is 5.50. The van der Waals surface area contributed by atoms with Gasteiger partial charge in [0.1, 0.15) is 11.4 Å². The van der Waals surface area contributed by atoms with E-state index in [4.69, 9.17) is 16.0 Å².